The van der Waals surface area contributed by atoms with Gasteiger partial charge in [-0.05, 0) is 17.7 Å². The first kappa shape index (κ1) is 14.7. The van der Waals surface area contributed by atoms with E-state index in [-0.39, 0.29) is 0 Å². The Bertz CT molecular complexity index is 579. The second-order valence-electron chi connectivity index (χ2n) is 4.11. The molecule has 4 nitrogen and oxygen atoms in total. The molecule has 0 radical (unpaired) electrons. The molecule has 0 aliphatic carbocycles. The van der Waals surface area contributed by atoms with Gasteiger partial charge in [0.2, 0.25) is 0 Å². The minimum absolute atomic E-state index is 0.480. The highest BCUT2D eigenvalue weighted by molar-refractivity contribution is 9.10. The van der Waals surface area contributed by atoms with Crippen LogP contribution in [0.4, 0.5) is 0 Å². The molecule has 2 aromatic carbocycles. The van der Waals surface area contributed by atoms with Crippen LogP contribution >= 0.6 is 15.9 Å². The van der Waals surface area contributed by atoms with Crippen molar-refractivity contribution in [2.45, 2.75) is 6.54 Å². The van der Waals surface area contributed by atoms with Gasteiger partial charge in [0.1, 0.15) is 23.0 Å². The van der Waals surface area contributed by atoms with Gasteiger partial charge >= 0.3 is 0 Å². The smallest absolute Gasteiger partial charge is 0.134 e. The minimum Gasteiger partial charge on any atom is -0.496 e. The van der Waals surface area contributed by atoms with Crippen LogP contribution in [-0.4, -0.2) is 14.2 Å². The van der Waals surface area contributed by atoms with Crippen LogP contribution in [0.15, 0.2) is 40.9 Å². The molecule has 106 valence electrons. The van der Waals surface area contributed by atoms with Gasteiger partial charge in [-0.15, -0.1) is 0 Å². The molecule has 2 N–H and O–H groups in total. The van der Waals surface area contributed by atoms with E-state index in [0.717, 1.165) is 10.0 Å². The maximum atomic E-state index is 5.81. The molecular weight excluding hydrogens is 322 g/mol. The van der Waals surface area contributed by atoms with Crippen LogP contribution in [0.2, 0.25) is 0 Å². The SMILES string of the molecule is COc1cc(OC)cc(Oc2ccc(CN)c(Br)c2)c1. The van der Waals surface area contributed by atoms with Crippen LogP contribution in [-0.2, 0) is 6.54 Å². The van der Waals surface area contributed by atoms with Gasteiger partial charge in [0.05, 0.1) is 14.2 Å². The number of methoxy groups -OCH3 is 2. The maximum absolute atomic E-state index is 5.81. The van der Waals surface area contributed by atoms with Crippen LogP contribution in [0.25, 0.3) is 0 Å². The predicted molar refractivity (Wildman–Crippen MR) is 81.7 cm³/mol. The quantitative estimate of drug-likeness (QED) is 0.903. The molecule has 0 saturated heterocycles. The number of halogens is 1. The summed E-state index contributed by atoms with van der Waals surface area (Å²) in [5, 5.41) is 0. The van der Waals surface area contributed by atoms with E-state index in [0.29, 0.717) is 29.5 Å². The molecule has 0 atom stereocenters. The first-order chi connectivity index (χ1) is 9.66. The fourth-order valence-corrected chi connectivity index (χ4v) is 2.25. The van der Waals surface area contributed by atoms with Crippen LogP contribution in [0.1, 0.15) is 5.56 Å². The number of ether oxygens (including phenoxy) is 3. The van der Waals surface area contributed by atoms with E-state index in [9.17, 15) is 0 Å². The second kappa shape index (κ2) is 6.63. The van der Waals surface area contributed by atoms with Crippen molar-refractivity contribution >= 4 is 15.9 Å². The highest BCUT2D eigenvalue weighted by Gasteiger charge is 2.06. The fourth-order valence-electron chi connectivity index (χ4n) is 1.73. The third-order valence-electron chi connectivity index (χ3n) is 2.81. The van der Waals surface area contributed by atoms with Crippen molar-refractivity contribution in [3.05, 3.63) is 46.4 Å². The zero-order valence-corrected chi connectivity index (χ0v) is 12.9. The van der Waals surface area contributed by atoms with Crippen LogP contribution in [0, 0.1) is 0 Å². The summed E-state index contributed by atoms with van der Waals surface area (Å²) < 4.78 is 17.2. The van der Waals surface area contributed by atoms with Crippen molar-refractivity contribution in [3.8, 4) is 23.0 Å². The molecule has 0 aromatic heterocycles. The molecule has 0 amide bonds. The number of nitrogens with two attached hydrogens (primary N) is 1. The summed E-state index contributed by atoms with van der Waals surface area (Å²) in [5.41, 5.74) is 6.65. The van der Waals surface area contributed by atoms with E-state index in [2.05, 4.69) is 15.9 Å². The Kier molecular flexibility index (Phi) is 4.87. The normalized spacial score (nSPS) is 10.2. The lowest BCUT2D eigenvalue weighted by molar-refractivity contribution is 0.386. The lowest BCUT2D eigenvalue weighted by atomic mass is 10.2. The first-order valence-corrected chi connectivity index (χ1v) is 6.85. The minimum atomic E-state index is 0.480. The molecule has 2 aromatic rings. The Morgan fingerprint density at radius 2 is 1.50 bits per heavy atom. The molecular formula is C15H16BrNO3. The Morgan fingerprint density at radius 1 is 0.900 bits per heavy atom. The van der Waals surface area contributed by atoms with Gasteiger partial charge in [-0.25, -0.2) is 0 Å². The monoisotopic (exact) mass is 337 g/mol. The summed E-state index contributed by atoms with van der Waals surface area (Å²) >= 11 is 3.47. The molecule has 0 saturated carbocycles. The number of hydrogen-bond acceptors (Lipinski definition) is 4. The number of rotatable bonds is 5. The molecule has 0 fully saturated rings. The van der Waals surface area contributed by atoms with Gasteiger partial charge in [-0.3, -0.25) is 0 Å². The Labute approximate surface area is 126 Å². The third kappa shape index (κ3) is 3.43. The van der Waals surface area contributed by atoms with Crippen molar-refractivity contribution in [2.75, 3.05) is 14.2 Å². The topological polar surface area (TPSA) is 53.7 Å². The molecule has 0 unspecified atom stereocenters. The van der Waals surface area contributed by atoms with Crippen molar-refractivity contribution in [3.63, 3.8) is 0 Å². The molecule has 5 heteroatoms. The summed E-state index contributed by atoms with van der Waals surface area (Å²) in [4.78, 5) is 0. The van der Waals surface area contributed by atoms with E-state index in [1.165, 1.54) is 0 Å². The van der Waals surface area contributed by atoms with Crippen LogP contribution in [0.3, 0.4) is 0 Å². The Balaban J connectivity index is 2.27. The second-order valence-corrected chi connectivity index (χ2v) is 4.96. The van der Waals surface area contributed by atoms with Gasteiger partial charge in [-0.1, -0.05) is 22.0 Å². The first-order valence-electron chi connectivity index (χ1n) is 6.05. The number of benzene rings is 2. The summed E-state index contributed by atoms with van der Waals surface area (Å²) in [6.07, 6.45) is 0. The standard InChI is InChI=1S/C15H16BrNO3/c1-18-12-5-13(19-2)7-14(6-12)20-11-4-3-10(9-17)15(16)8-11/h3-8H,9,17H2,1-2H3. The molecule has 0 bridgehead atoms. The van der Waals surface area contributed by atoms with Crippen molar-refractivity contribution in [1.82, 2.24) is 0 Å². The van der Waals surface area contributed by atoms with E-state index in [4.69, 9.17) is 19.9 Å². The van der Waals surface area contributed by atoms with Crippen molar-refractivity contribution in [1.29, 1.82) is 0 Å². The van der Waals surface area contributed by atoms with Crippen LogP contribution < -0.4 is 19.9 Å². The van der Waals surface area contributed by atoms with Gasteiger partial charge in [0, 0.05) is 29.2 Å². The molecule has 2 rings (SSSR count). The van der Waals surface area contributed by atoms with Gasteiger partial charge in [0.15, 0.2) is 0 Å². The maximum Gasteiger partial charge on any atom is 0.134 e. The molecule has 20 heavy (non-hydrogen) atoms. The lowest BCUT2D eigenvalue weighted by Crippen LogP contribution is -1.97. The molecule has 0 heterocycles. The largest absolute Gasteiger partial charge is 0.496 e. The van der Waals surface area contributed by atoms with E-state index in [1.807, 2.05) is 18.2 Å². The van der Waals surface area contributed by atoms with Gasteiger partial charge in [0.25, 0.3) is 0 Å². The predicted octanol–water partition coefficient (Wildman–Crippen LogP) is 3.72. The molecule has 0 spiro atoms. The zero-order chi connectivity index (χ0) is 14.5. The third-order valence-corrected chi connectivity index (χ3v) is 3.54. The van der Waals surface area contributed by atoms with Crippen molar-refractivity contribution in [2.24, 2.45) is 5.73 Å². The summed E-state index contributed by atoms with van der Waals surface area (Å²) in [6, 6.07) is 11.1. The molecule has 0 aliphatic heterocycles. The zero-order valence-electron chi connectivity index (χ0n) is 11.4. The van der Waals surface area contributed by atoms with Crippen molar-refractivity contribution < 1.29 is 14.2 Å². The lowest BCUT2D eigenvalue weighted by Gasteiger charge is -2.11. The van der Waals surface area contributed by atoms with Gasteiger partial charge in [-0.2, -0.15) is 0 Å². The highest BCUT2D eigenvalue weighted by atomic mass is 79.9. The summed E-state index contributed by atoms with van der Waals surface area (Å²) in [7, 11) is 3.20. The highest BCUT2D eigenvalue weighted by Crippen LogP contribution is 2.32. The van der Waals surface area contributed by atoms with Gasteiger partial charge < -0.3 is 19.9 Å². The van der Waals surface area contributed by atoms with Crippen LogP contribution in [0.5, 0.6) is 23.0 Å². The van der Waals surface area contributed by atoms with E-state index >= 15 is 0 Å². The molecule has 0 aliphatic rings. The fraction of sp³-hybridized carbons (Fsp3) is 0.200. The number of hydrogen-bond donors (Lipinski definition) is 1. The Hall–Kier alpha value is -1.72. The van der Waals surface area contributed by atoms with E-state index in [1.54, 1.807) is 32.4 Å². The summed E-state index contributed by atoms with van der Waals surface area (Å²) in [5.74, 6) is 2.71. The average molecular weight is 338 g/mol. The Morgan fingerprint density at radius 3 is 2.00 bits per heavy atom. The summed E-state index contributed by atoms with van der Waals surface area (Å²) in [6.45, 7) is 0.480. The average Bonchev–Trinajstić information content (AvgIpc) is 2.47. The van der Waals surface area contributed by atoms with E-state index < -0.39 is 0 Å².